The predicted octanol–water partition coefficient (Wildman–Crippen LogP) is 1.62. The summed E-state index contributed by atoms with van der Waals surface area (Å²) in [6.45, 7) is 0.219. The molecule has 0 aliphatic heterocycles. The van der Waals surface area contributed by atoms with Crippen LogP contribution in [0.1, 0.15) is 5.56 Å². The minimum atomic E-state index is -1.03. The maximum absolute atomic E-state index is 11.3. The van der Waals surface area contributed by atoms with Crippen molar-refractivity contribution < 1.29 is 14.7 Å². The highest BCUT2D eigenvalue weighted by atomic mass is 35.5. The lowest BCUT2D eigenvalue weighted by Crippen LogP contribution is -2.32. The maximum Gasteiger partial charge on any atom is 0.328 e. The number of carbonyl (C=O) groups excluding carboxylic acids is 1. The van der Waals surface area contributed by atoms with Crippen molar-refractivity contribution >= 4 is 35.2 Å². The average molecular weight is 283 g/mol. The quantitative estimate of drug-likeness (QED) is 0.805. The molecule has 2 N–H and O–H groups in total. The van der Waals surface area contributed by atoms with Crippen LogP contribution in [0.25, 0.3) is 6.08 Å². The Morgan fingerprint density at radius 1 is 1.47 bits per heavy atom. The second-order valence-electron chi connectivity index (χ2n) is 3.91. The first-order chi connectivity index (χ1) is 8.93. The summed E-state index contributed by atoms with van der Waals surface area (Å²) in [4.78, 5) is 23.4. The minimum Gasteiger partial charge on any atom is -0.478 e. The van der Waals surface area contributed by atoms with Crippen LogP contribution < -0.4 is 10.2 Å². The summed E-state index contributed by atoms with van der Waals surface area (Å²) in [5.41, 5.74) is 1.39. The highest BCUT2D eigenvalue weighted by Gasteiger charge is 2.07. The number of nitrogens with one attached hydrogen (secondary N) is 1. The first-order valence-corrected chi connectivity index (χ1v) is 5.94. The summed E-state index contributed by atoms with van der Waals surface area (Å²) in [6, 6.07) is 5.17. The number of carboxylic acids is 1. The molecule has 1 aromatic carbocycles. The fourth-order valence-electron chi connectivity index (χ4n) is 1.44. The van der Waals surface area contributed by atoms with E-state index in [9.17, 15) is 9.59 Å². The van der Waals surface area contributed by atoms with Gasteiger partial charge in [0.15, 0.2) is 0 Å². The lowest BCUT2D eigenvalue weighted by Gasteiger charge is -2.18. The Morgan fingerprint density at radius 2 is 2.16 bits per heavy atom. The van der Waals surface area contributed by atoms with Gasteiger partial charge in [0.1, 0.15) is 0 Å². The van der Waals surface area contributed by atoms with Crippen molar-refractivity contribution in [3.63, 3.8) is 0 Å². The molecule has 0 aliphatic carbocycles. The number of halogens is 1. The Bertz CT molecular complexity index is 515. The molecule has 0 fully saturated rings. The van der Waals surface area contributed by atoms with Gasteiger partial charge in [-0.1, -0.05) is 17.7 Å². The predicted molar refractivity (Wildman–Crippen MR) is 75.5 cm³/mol. The number of carbonyl (C=O) groups is 2. The third-order valence-corrected chi connectivity index (χ3v) is 2.82. The van der Waals surface area contributed by atoms with Crippen molar-refractivity contribution in [2.45, 2.75) is 0 Å². The van der Waals surface area contributed by atoms with Crippen molar-refractivity contribution in [3.8, 4) is 0 Å². The number of likely N-dealkylation sites (N-methyl/N-ethyl adjacent to an activating group) is 2. The Labute approximate surface area is 116 Å². The van der Waals surface area contributed by atoms with Crippen LogP contribution in [0.15, 0.2) is 24.3 Å². The summed E-state index contributed by atoms with van der Waals surface area (Å²) in [7, 11) is 3.34. The molecular formula is C13H15ClN2O3. The molecule has 0 unspecified atom stereocenters. The van der Waals surface area contributed by atoms with Gasteiger partial charge in [-0.3, -0.25) is 4.79 Å². The van der Waals surface area contributed by atoms with E-state index in [-0.39, 0.29) is 12.5 Å². The van der Waals surface area contributed by atoms with Gasteiger partial charge in [0.25, 0.3) is 0 Å². The lowest BCUT2D eigenvalue weighted by molar-refractivity contribution is -0.131. The molecule has 102 valence electrons. The Kier molecular flexibility index (Phi) is 5.38. The third kappa shape index (κ3) is 4.63. The van der Waals surface area contributed by atoms with E-state index < -0.39 is 5.97 Å². The van der Waals surface area contributed by atoms with E-state index in [2.05, 4.69) is 5.32 Å². The van der Waals surface area contributed by atoms with Crippen molar-refractivity contribution in [2.24, 2.45) is 0 Å². The van der Waals surface area contributed by atoms with Gasteiger partial charge in [-0.2, -0.15) is 0 Å². The SMILES string of the molecule is CNC(=O)CN(C)c1ccc(/C=C/C(=O)O)c(Cl)c1. The maximum atomic E-state index is 11.3. The van der Waals surface area contributed by atoms with Gasteiger partial charge in [-0.25, -0.2) is 4.79 Å². The van der Waals surface area contributed by atoms with E-state index in [1.54, 1.807) is 37.2 Å². The first-order valence-electron chi connectivity index (χ1n) is 5.56. The van der Waals surface area contributed by atoms with Gasteiger partial charge in [0.05, 0.1) is 6.54 Å². The topological polar surface area (TPSA) is 69.6 Å². The standard InChI is InChI=1S/C13H15ClN2O3/c1-15-12(17)8-16(2)10-5-3-9(11(14)7-10)4-6-13(18)19/h3-7H,8H2,1-2H3,(H,15,17)(H,18,19)/b6-4+. The Balaban J connectivity index is 2.87. The van der Waals surface area contributed by atoms with Crippen LogP contribution in [0.5, 0.6) is 0 Å². The van der Waals surface area contributed by atoms with Gasteiger partial charge >= 0.3 is 5.97 Å². The van der Waals surface area contributed by atoms with E-state index >= 15 is 0 Å². The Hall–Kier alpha value is -2.01. The van der Waals surface area contributed by atoms with Crippen LogP contribution in [0.2, 0.25) is 5.02 Å². The van der Waals surface area contributed by atoms with Crippen molar-refractivity contribution in [1.82, 2.24) is 5.32 Å². The van der Waals surface area contributed by atoms with E-state index in [1.165, 1.54) is 6.08 Å². The highest BCUT2D eigenvalue weighted by molar-refractivity contribution is 6.32. The number of nitrogens with zero attached hydrogens (tertiary/aromatic N) is 1. The van der Waals surface area contributed by atoms with Gasteiger partial charge in [0, 0.05) is 30.9 Å². The normalized spacial score (nSPS) is 10.5. The fourth-order valence-corrected chi connectivity index (χ4v) is 1.67. The van der Waals surface area contributed by atoms with E-state index in [0.717, 1.165) is 11.8 Å². The molecule has 0 spiro atoms. The van der Waals surface area contributed by atoms with Crippen LogP contribution in [-0.4, -0.2) is 37.6 Å². The summed E-state index contributed by atoms with van der Waals surface area (Å²) in [5, 5.41) is 11.5. The van der Waals surface area contributed by atoms with Crippen LogP contribution in [0.3, 0.4) is 0 Å². The van der Waals surface area contributed by atoms with E-state index in [0.29, 0.717) is 10.6 Å². The van der Waals surface area contributed by atoms with Crippen molar-refractivity contribution in [3.05, 3.63) is 34.9 Å². The van der Waals surface area contributed by atoms with Crippen molar-refractivity contribution in [2.75, 3.05) is 25.5 Å². The van der Waals surface area contributed by atoms with Crippen LogP contribution >= 0.6 is 11.6 Å². The molecule has 0 heterocycles. The molecule has 1 aromatic rings. The second kappa shape index (κ2) is 6.80. The number of carboxylic acid groups (broad SMARTS) is 1. The Morgan fingerprint density at radius 3 is 2.68 bits per heavy atom. The summed E-state index contributed by atoms with van der Waals surface area (Å²) in [6.07, 6.45) is 2.45. The number of rotatable bonds is 5. The second-order valence-corrected chi connectivity index (χ2v) is 4.31. The molecule has 1 rings (SSSR count). The van der Waals surface area contributed by atoms with Crippen LogP contribution in [0.4, 0.5) is 5.69 Å². The molecule has 5 nitrogen and oxygen atoms in total. The van der Waals surface area contributed by atoms with Gasteiger partial charge in [-0.15, -0.1) is 0 Å². The number of hydrogen-bond acceptors (Lipinski definition) is 3. The first kappa shape index (κ1) is 15.0. The molecule has 1 amide bonds. The van der Waals surface area contributed by atoms with E-state index in [1.807, 2.05) is 0 Å². The molecule has 0 atom stereocenters. The smallest absolute Gasteiger partial charge is 0.328 e. The molecular weight excluding hydrogens is 268 g/mol. The molecule has 0 saturated carbocycles. The highest BCUT2D eigenvalue weighted by Crippen LogP contribution is 2.24. The molecule has 6 heteroatoms. The number of amides is 1. The summed E-state index contributed by atoms with van der Waals surface area (Å²) in [5.74, 6) is -1.13. The molecule has 0 aliphatic rings. The number of anilines is 1. The number of aliphatic carboxylic acids is 1. The average Bonchev–Trinajstić information content (AvgIpc) is 2.36. The zero-order valence-corrected chi connectivity index (χ0v) is 11.4. The fraction of sp³-hybridized carbons (Fsp3) is 0.231. The minimum absolute atomic E-state index is 0.103. The summed E-state index contributed by atoms with van der Waals surface area (Å²) < 4.78 is 0. The van der Waals surface area contributed by atoms with Crippen LogP contribution in [-0.2, 0) is 9.59 Å². The molecule has 0 saturated heterocycles. The monoisotopic (exact) mass is 282 g/mol. The van der Waals surface area contributed by atoms with Gasteiger partial charge in [0.2, 0.25) is 5.91 Å². The zero-order valence-electron chi connectivity index (χ0n) is 10.7. The van der Waals surface area contributed by atoms with Gasteiger partial charge in [-0.05, 0) is 23.8 Å². The largest absolute Gasteiger partial charge is 0.478 e. The van der Waals surface area contributed by atoms with Crippen LogP contribution in [0, 0.1) is 0 Å². The van der Waals surface area contributed by atoms with Gasteiger partial charge < -0.3 is 15.3 Å². The molecule has 0 bridgehead atoms. The third-order valence-electron chi connectivity index (χ3n) is 2.49. The van der Waals surface area contributed by atoms with Crippen molar-refractivity contribution in [1.29, 1.82) is 0 Å². The number of hydrogen-bond donors (Lipinski definition) is 2. The van der Waals surface area contributed by atoms with E-state index in [4.69, 9.17) is 16.7 Å². The molecule has 19 heavy (non-hydrogen) atoms. The lowest BCUT2D eigenvalue weighted by atomic mass is 10.2. The number of benzene rings is 1. The molecule has 0 radical (unpaired) electrons. The molecule has 0 aromatic heterocycles. The summed E-state index contributed by atoms with van der Waals surface area (Å²) >= 11 is 6.06. The zero-order chi connectivity index (χ0) is 14.4.